The average Bonchev–Trinajstić information content (AvgIpc) is 3.72. The van der Waals surface area contributed by atoms with Crippen LogP contribution in [0.3, 0.4) is 0 Å². The number of ether oxygens (including phenoxy) is 3. The summed E-state index contributed by atoms with van der Waals surface area (Å²) >= 11 is 0. The van der Waals surface area contributed by atoms with Crippen LogP contribution in [-0.2, 0) is 41.6 Å². The molecule has 0 spiro atoms. The third kappa shape index (κ3) is 7.19. The van der Waals surface area contributed by atoms with E-state index < -0.39 is 35.7 Å². The molecule has 0 bridgehead atoms. The van der Waals surface area contributed by atoms with Crippen molar-refractivity contribution in [3.05, 3.63) is 57.7 Å². The maximum Gasteiger partial charge on any atom is 0.302 e. The maximum absolute atomic E-state index is 13.3. The summed E-state index contributed by atoms with van der Waals surface area (Å²) < 4.78 is 17.7. The summed E-state index contributed by atoms with van der Waals surface area (Å²) in [5.41, 5.74) is 4.95. The minimum atomic E-state index is -0.808. The Morgan fingerprint density at radius 1 is 1.14 bits per heavy atom. The second kappa shape index (κ2) is 15.3. The summed E-state index contributed by atoms with van der Waals surface area (Å²) in [5.74, 6) is -1.13. The summed E-state index contributed by atoms with van der Waals surface area (Å²) in [4.78, 5) is 50.9. The number of nitrogens with zero attached hydrogens (tertiary/aromatic N) is 1. The summed E-state index contributed by atoms with van der Waals surface area (Å²) in [6.45, 7) is 9.05. The summed E-state index contributed by atoms with van der Waals surface area (Å²) in [5, 5.41) is 26.2. The zero-order chi connectivity index (χ0) is 36.6. The number of hydrogen-bond acceptors (Lipinski definition) is 9. The first-order chi connectivity index (χ1) is 24.3. The van der Waals surface area contributed by atoms with E-state index in [9.17, 15) is 29.4 Å². The molecule has 278 valence electrons. The van der Waals surface area contributed by atoms with Gasteiger partial charge in [-0.3, -0.25) is 24.5 Å². The van der Waals surface area contributed by atoms with Gasteiger partial charge in [-0.05, 0) is 86.5 Å². The molecular formula is C40H54N2O9. The molecule has 9 atom stereocenters. The number of piperidine rings is 1. The zero-order valence-electron chi connectivity index (χ0n) is 30.6. The van der Waals surface area contributed by atoms with Crippen molar-refractivity contribution < 1.29 is 43.6 Å². The van der Waals surface area contributed by atoms with E-state index in [1.807, 2.05) is 19.1 Å². The van der Waals surface area contributed by atoms with Crippen molar-refractivity contribution in [3.63, 3.8) is 0 Å². The predicted octanol–water partition coefficient (Wildman–Crippen LogP) is 4.03. The Kier molecular flexibility index (Phi) is 11.2. The number of nitrogens with one attached hydrogen (secondary N) is 1. The topological polar surface area (TPSA) is 152 Å². The van der Waals surface area contributed by atoms with Gasteiger partial charge in [0.25, 0.3) is 5.91 Å². The van der Waals surface area contributed by atoms with E-state index in [1.54, 1.807) is 18.1 Å². The smallest absolute Gasteiger partial charge is 0.302 e. The predicted molar refractivity (Wildman–Crippen MR) is 188 cm³/mol. The lowest BCUT2D eigenvalue weighted by Gasteiger charge is -2.43. The van der Waals surface area contributed by atoms with Gasteiger partial charge in [-0.15, -0.1) is 0 Å². The Bertz CT molecular complexity index is 1600. The molecule has 3 N–H and O–H groups in total. The van der Waals surface area contributed by atoms with Gasteiger partial charge in [0, 0.05) is 56.4 Å². The Morgan fingerprint density at radius 2 is 1.92 bits per heavy atom. The van der Waals surface area contributed by atoms with E-state index in [4.69, 9.17) is 14.2 Å². The quantitative estimate of drug-likeness (QED) is 0.127. The highest BCUT2D eigenvalue weighted by atomic mass is 16.5. The largest absolute Gasteiger partial charge is 0.465 e. The third-order valence-electron chi connectivity index (χ3n) is 12.3. The van der Waals surface area contributed by atoms with Crippen molar-refractivity contribution in [3.8, 4) is 0 Å². The number of fused-ring (bicyclic) bond motifs is 3. The van der Waals surface area contributed by atoms with Crippen LogP contribution in [0.15, 0.2) is 41.0 Å². The number of amides is 3. The number of carbonyl (C=O) groups excluding carboxylic acids is 4. The molecule has 1 saturated heterocycles. The molecular weight excluding hydrogens is 652 g/mol. The molecule has 1 saturated carbocycles. The van der Waals surface area contributed by atoms with Gasteiger partial charge in [0.2, 0.25) is 11.8 Å². The number of rotatable bonds is 12. The number of unbranched alkanes of at least 4 members (excludes halogenated alkanes) is 1. The van der Waals surface area contributed by atoms with Gasteiger partial charge in [-0.1, -0.05) is 43.2 Å². The number of esters is 1. The number of hydrogen-bond donors (Lipinski definition) is 3. The molecule has 11 nitrogen and oxygen atoms in total. The van der Waals surface area contributed by atoms with Crippen LogP contribution in [0.5, 0.6) is 0 Å². The monoisotopic (exact) mass is 706 g/mol. The fourth-order valence-electron chi connectivity index (χ4n) is 9.44. The van der Waals surface area contributed by atoms with Crippen LogP contribution in [0.2, 0.25) is 0 Å². The maximum atomic E-state index is 13.3. The van der Waals surface area contributed by atoms with Gasteiger partial charge in [-0.2, -0.15) is 0 Å². The van der Waals surface area contributed by atoms with E-state index in [-0.39, 0.29) is 54.5 Å². The lowest BCUT2D eigenvalue weighted by molar-refractivity contribution is -0.142. The Hall–Kier alpha value is -3.38. The molecule has 0 aromatic heterocycles. The molecule has 3 amide bonds. The number of aryl methyl sites for hydroxylation is 1. The molecule has 2 heterocycles. The molecule has 1 aromatic rings. The van der Waals surface area contributed by atoms with Crippen LogP contribution in [-0.4, -0.2) is 90.1 Å². The number of benzene rings is 1. The average molecular weight is 707 g/mol. The fourth-order valence-corrected chi connectivity index (χ4v) is 9.44. The molecule has 3 aliphatic carbocycles. The summed E-state index contributed by atoms with van der Waals surface area (Å²) in [7, 11) is 1.71. The van der Waals surface area contributed by atoms with Crippen molar-refractivity contribution in [2.75, 3.05) is 26.9 Å². The van der Waals surface area contributed by atoms with E-state index in [2.05, 4.69) is 25.2 Å². The van der Waals surface area contributed by atoms with Gasteiger partial charge < -0.3 is 29.3 Å². The molecule has 1 unspecified atom stereocenters. The van der Waals surface area contributed by atoms with Crippen molar-refractivity contribution >= 4 is 23.7 Å². The molecule has 0 radical (unpaired) electrons. The van der Waals surface area contributed by atoms with Crippen LogP contribution in [0, 0.1) is 29.1 Å². The lowest BCUT2D eigenvalue weighted by atomic mass is 9.68. The summed E-state index contributed by atoms with van der Waals surface area (Å²) in [6, 6.07) is 5.05. The first-order valence-electron chi connectivity index (χ1n) is 18.7. The molecule has 2 aliphatic heterocycles. The van der Waals surface area contributed by atoms with Crippen LogP contribution < -0.4 is 5.32 Å². The number of imide groups is 1. The molecule has 51 heavy (non-hydrogen) atoms. The molecule has 6 rings (SSSR count). The summed E-state index contributed by atoms with van der Waals surface area (Å²) in [6.07, 6.45) is 5.15. The highest BCUT2D eigenvalue weighted by molar-refractivity contribution is 6.05. The second-order valence-electron chi connectivity index (χ2n) is 15.6. The Balaban J connectivity index is 1.19. The van der Waals surface area contributed by atoms with Crippen LogP contribution >= 0.6 is 0 Å². The van der Waals surface area contributed by atoms with E-state index >= 15 is 0 Å². The standard InChI is InChI=1S/C40H54N2O9/c1-22(20-51-24(3)43)29-17-33(44)40(4)18-30-26(21-49-5)12-13-27(30)23(2)36(46)37(35(29)40)50-16-7-6-9-25-10-8-11-28-31(25)19-42(39(28)48)32-14-15-34(45)41-38(32)47/h8,10-11,18,22-23,26-27,32-33,36-37,44,46H,6-7,9,12-17,19-21H2,1-5H3,(H,41,45,47)/b30-18-/t22-,23-,26-,27+,32?,33+,36-,37-,40+/m1/s1. The second-order valence-corrected chi connectivity index (χ2v) is 15.6. The van der Waals surface area contributed by atoms with Gasteiger partial charge in [0.05, 0.1) is 25.4 Å². The first kappa shape index (κ1) is 37.4. The number of carbonyl (C=O) groups is 4. The molecule has 2 fully saturated rings. The molecule has 5 aliphatic rings. The SMILES string of the molecule is COC[C@H]1CC[C@@H]2/C1=C\[C@]1(C)C(=C([C@H](C)COC(C)=O)C[C@@H]1O)[C@@H](OCCCCc1cccc3c1CN(C1CCC(=O)NC1=O)C3=O)[C@H](O)[C@@H]2C. The Labute approximate surface area is 300 Å². The zero-order valence-corrected chi connectivity index (χ0v) is 30.6. The highest BCUT2D eigenvalue weighted by Crippen LogP contribution is 2.55. The van der Waals surface area contributed by atoms with Crippen molar-refractivity contribution in [1.29, 1.82) is 0 Å². The molecule has 1 aromatic carbocycles. The highest BCUT2D eigenvalue weighted by Gasteiger charge is 2.53. The van der Waals surface area contributed by atoms with E-state index in [1.165, 1.54) is 12.5 Å². The Morgan fingerprint density at radius 3 is 2.65 bits per heavy atom. The minimum Gasteiger partial charge on any atom is -0.465 e. The minimum absolute atomic E-state index is 0.0836. The van der Waals surface area contributed by atoms with E-state index in [0.717, 1.165) is 41.5 Å². The van der Waals surface area contributed by atoms with Crippen LogP contribution in [0.4, 0.5) is 0 Å². The first-order valence-corrected chi connectivity index (χ1v) is 18.7. The third-order valence-corrected chi connectivity index (χ3v) is 12.3. The van der Waals surface area contributed by atoms with Gasteiger partial charge in [0.1, 0.15) is 12.1 Å². The van der Waals surface area contributed by atoms with Crippen molar-refractivity contribution in [2.24, 2.45) is 29.1 Å². The van der Waals surface area contributed by atoms with Gasteiger partial charge >= 0.3 is 5.97 Å². The van der Waals surface area contributed by atoms with Crippen LogP contribution in [0.25, 0.3) is 0 Å². The van der Waals surface area contributed by atoms with Crippen molar-refractivity contribution in [2.45, 2.75) is 110 Å². The molecule has 11 heteroatoms. The van der Waals surface area contributed by atoms with Gasteiger partial charge in [0.15, 0.2) is 0 Å². The number of methoxy groups -OCH3 is 1. The van der Waals surface area contributed by atoms with E-state index in [0.29, 0.717) is 51.0 Å². The van der Waals surface area contributed by atoms with Crippen molar-refractivity contribution in [1.82, 2.24) is 10.2 Å². The number of aliphatic hydroxyl groups excluding tert-OH is 2. The lowest BCUT2D eigenvalue weighted by Crippen LogP contribution is -2.52. The van der Waals surface area contributed by atoms with Crippen LogP contribution in [0.1, 0.15) is 94.1 Å². The van der Waals surface area contributed by atoms with Gasteiger partial charge in [-0.25, -0.2) is 0 Å². The normalized spacial score (nSPS) is 33.5. The number of aliphatic hydroxyl groups is 2. The fraction of sp³-hybridized carbons (Fsp3) is 0.650.